The van der Waals surface area contributed by atoms with Gasteiger partial charge in [-0.05, 0) is 24.2 Å². The molecule has 0 atom stereocenters. The van der Waals surface area contributed by atoms with Crippen LogP contribution in [0.15, 0.2) is 0 Å². The van der Waals surface area contributed by atoms with Crippen LogP contribution in [-0.2, 0) is 9.84 Å². The van der Waals surface area contributed by atoms with Gasteiger partial charge in [0.15, 0.2) is 9.84 Å². The van der Waals surface area contributed by atoms with E-state index in [2.05, 4.69) is 24.5 Å². The third-order valence-electron chi connectivity index (χ3n) is 4.70. The number of carbonyl (C=O) groups is 1. The number of amides is 2. The normalized spacial score (nSPS) is 23.3. The van der Waals surface area contributed by atoms with Crippen LogP contribution >= 0.6 is 0 Å². The third kappa shape index (κ3) is 4.11. The van der Waals surface area contributed by atoms with Gasteiger partial charge < -0.3 is 10.6 Å². The second-order valence-electron chi connectivity index (χ2n) is 6.98. The van der Waals surface area contributed by atoms with Crippen molar-refractivity contribution < 1.29 is 13.2 Å². The van der Waals surface area contributed by atoms with E-state index in [-0.39, 0.29) is 28.9 Å². The largest absolute Gasteiger partial charge is 0.338 e. The van der Waals surface area contributed by atoms with E-state index >= 15 is 0 Å². The fraction of sp³-hybridized carbons (Fsp3) is 0.929. The summed E-state index contributed by atoms with van der Waals surface area (Å²) < 4.78 is 22.0. The van der Waals surface area contributed by atoms with Crippen molar-refractivity contribution in [2.24, 2.45) is 17.3 Å². The van der Waals surface area contributed by atoms with Gasteiger partial charge in [0, 0.05) is 19.0 Å². The van der Waals surface area contributed by atoms with Crippen LogP contribution < -0.4 is 10.6 Å². The topological polar surface area (TPSA) is 75.3 Å². The Labute approximate surface area is 121 Å². The van der Waals surface area contributed by atoms with Crippen LogP contribution in [0.3, 0.4) is 0 Å². The molecule has 0 aromatic rings. The lowest BCUT2D eigenvalue weighted by molar-refractivity contribution is 0.199. The molecule has 2 rings (SSSR count). The van der Waals surface area contributed by atoms with Gasteiger partial charge in [0.2, 0.25) is 0 Å². The lowest BCUT2D eigenvalue weighted by atomic mass is 9.78. The van der Waals surface area contributed by atoms with E-state index in [4.69, 9.17) is 0 Å². The fourth-order valence-electron chi connectivity index (χ4n) is 3.25. The second kappa shape index (κ2) is 5.92. The highest BCUT2D eigenvalue weighted by Gasteiger charge is 2.34. The predicted octanol–water partition coefficient (Wildman–Crippen LogP) is 1.55. The zero-order chi connectivity index (χ0) is 14.8. The zero-order valence-corrected chi connectivity index (χ0v) is 13.3. The Hall–Kier alpha value is -0.780. The first-order valence-corrected chi connectivity index (χ1v) is 9.33. The molecule has 0 radical (unpaired) electrons. The van der Waals surface area contributed by atoms with Crippen molar-refractivity contribution in [1.82, 2.24) is 10.6 Å². The highest BCUT2D eigenvalue weighted by atomic mass is 32.2. The average molecular weight is 302 g/mol. The van der Waals surface area contributed by atoms with E-state index < -0.39 is 9.84 Å². The van der Waals surface area contributed by atoms with E-state index in [1.54, 1.807) is 0 Å². The Morgan fingerprint density at radius 3 is 2.30 bits per heavy atom. The smallest absolute Gasteiger partial charge is 0.314 e. The molecular weight excluding hydrogens is 276 g/mol. The molecular formula is C14H26N2O3S. The first-order chi connectivity index (χ1) is 9.28. The van der Waals surface area contributed by atoms with Gasteiger partial charge in [-0.3, -0.25) is 0 Å². The molecule has 5 nitrogen and oxygen atoms in total. The molecule has 20 heavy (non-hydrogen) atoms. The fourth-order valence-corrected chi connectivity index (χ4v) is 4.82. The molecule has 0 aromatic heterocycles. The number of hydrogen-bond acceptors (Lipinski definition) is 3. The average Bonchev–Trinajstić information content (AvgIpc) is 2.85. The van der Waals surface area contributed by atoms with Crippen molar-refractivity contribution in [2.45, 2.75) is 39.5 Å². The number of sulfone groups is 1. The minimum absolute atomic E-state index is 0.0913. The molecule has 0 bridgehead atoms. The number of carbonyl (C=O) groups excluding carboxylic acids is 1. The minimum atomic E-state index is -2.80. The van der Waals surface area contributed by atoms with Crippen molar-refractivity contribution in [1.29, 1.82) is 0 Å². The SMILES string of the molecule is CC(C)(CNC(=O)NCC1CS(=O)(=O)C1)C1CCCC1. The first kappa shape index (κ1) is 15.6. The molecule has 2 amide bonds. The second-order valence-corrected chi connectivity index (χ2v) is 9.13. The van der Waals surface area contributed by atoms with Gasteiger partial charge in [0.1, 0.15) is 0 Å². The predicted molar refractivity (Wildman–Crippen MR) is 79.3 cm³/mol. The molecule has 2 aliphatic rings. The van der Waals surface area contributed by atoms with Crippen LogP contribution in [0.4, 0.5) is 4.79 Å². The van der Waals surface area contributed by atoms with Gasteiger partial charge in [0.25, 0.3) is 0 Å². The maximum Gasteiger partial charge on any atom is 0.314 e. The summed E-state index contributed by atoms with van der Waals surface area (Å²) in [5, 5.41) is 5.70. The summed E-state index contributed by atoms with van der Waals surface area (Å²) in [6, 6.07) is -0.180. The van der Waals surface area contributed by atoms with Gasteiger partial charge >= 0.3 is 6.03 Å². The molecule has 1 aliphatic heterocycles. The van der Waals surface area contributed by atoms with Gasteiger partial charge in [0.05, 0.1) is 11.5 Å². The molecule has 0 spiro atoms. The lowest BCUT2D eigenvalue weighted by Crippen LogP contribution is -2.48. The van der Waals surface area contributed by atoms with Crippen LogP contribution in [0.1, 0.15) is 39.5 Å². The number of urea groups is 1. The number of rotatable bonds is 5. The summed E-state index contributed by atoms with van der Waals surface area (Å²) in [5.74, 6) is 1.20. The first-order valence-electron chi connectivity index (χ1n) is 7.51. The Morgan fingerprint density at radius 1 is 1.15 bits per heavy atom. The van der Waals surface area contributed by atoms with Crippen LogP contribution in [0, 0.1) is 17.3 Å². The zero-order valence-electron chi connectivity index (χ0n) is 12.4. The van der Waals surface area contributed by atoms with Crippen LogP contribution in [0.25, 0.3) is 0 Å². The monoisotopic (exact) mass is 302 g/mol. The molecule has 2 N–H and O–H groups in total. The molecule has 1 heterocycles. The molecule has 1 saturated carbocycles. The van der Waals surface area contributed by atoms with Crippen molar-refractivity contribution in [3.63, 3.8) is 0 Å². The Balaban J connectivity index is 1.64. The van der Waals surface area contributed by atoms with Crippen LogP contribution in [0.2, 0.25) is 0 Å². The molecule has 116 valence electrons. The summed E-state index contributed by atoms with van der Waals surface area (Å²) in [7, 11) is -2.80. The lowest BCUT2D eigenvalue weighted by Gasteiger charge is -2.32. The Bertz CT molecular complexity index is 441. The summed E-state index contributed by atoms with van der Waals surface area (Å²) >= 11 is 0. The van der Waals surface area contributed by atoms with E-state index in [1.165, 1.54) is 25.7 Å². The Kier molecular flexibility index (Phi) is 4.62. The molecule has 0 aromatic carbocycles. The van der Waals surface area contributed by atoms with E-state index in [9.17, 15) is 13.2 Å². The van der Waals surface area contributed by atoms with Crippen LogP contribution in [-0.4, -0.2) is 39.0 Å². The highest BCUT2D eigenvalue weighted by Crippen LogP contribution is 2.38. The van der Waals surface area contributed by atoms with Gasteiger partial charge in [-0.15, -0.1) is 0 Å². The molecule has 1 saturated heterocycles. The van der Waals surface area contributed by atoms with Crippen molar-refractivity contribution in [3.05, 3.63) is 0 Å². The summed E-state index contributed by atoms with van der Waals surface area (Å²) in [5.41, 5.74) is 0.133. The third-order valence-corrected chi connectivity index (χ3v) is 6.65. The van der Waals surface area contributed by atoms with E-state index in [1.807, 2.05) is 0 Å². The standard InChI is InChI=1S/C14H26N2O3S/c1-14(2,12-5-3-4-6-12)10-16-13(17)15-7-11-8-20(18,19)9-11/h11-12H,3-10H2,1-2H3,(H2,15,16,17). The van der Waals surface area contributed by atoms with Crippen LogP contribution in [0.5, 0.6) is 0 Å². The molecule has 1 aliphatic carbocycles. The maximum absolute atomic E-state index is 11.7. The summed E-state index contributed by atoms with van der Waals surface area (Å²) in [6.45, 7) is 5.55. The molecule has 0 unspecified atom stereocenters. The highest BCUT2D eigenvalue weighted by molar-refractivity contribution is 7.92. The van der Waals surface area contributed by atoms with Crippen molar-refractivity contribution in [2.75, 3.05) is 24.6 Å². The van der Waals surface area contributed by atoms with E-state index in [0.717, 1.165) is 0 Å². The van der Waals surface area contributed by atoms with Gasteiger partial charge in [-0.2, -0.15) is 0 Å². The summed E-state index contributed by atoms with van der Waals surface area (Å²) in [4.78, 5) is 11.7. The van der Waals surface area contributed by atoms with E-state index in [0.29, 0.717) is 19.0 Å². The number of nitrogens with one attached hydrogen (secondary N) is 2. The van der Waals surface area contributed by atoms with Crippen molar-refractivity contribution >= 4 is 15.9 Å². The van der Waals surface area contributed by atoms with Gasteiger partial charge in [-0.25, -0.2) is 13.2 Å². The van der Waals surface area contributed by atoms with Gasteiger partial charge in [-0.1, -0.05) is 26.7 Å². The Morgan fingerprint density at radius 2 is 1.75 bits per heavy atom. The quantitative estimate of drug-likeness (QED) is 0.809. The minimum Gasteiger partial charge on any atom is -0.338 e. The maximum atomic E-state index is 11.7. The summed E-state index contributed by atoms with van der Waals surface area (Å²) in [6.07, 6.45) is 5.12. The molecule has 2 fully saturated rings. The van der Waals surface area contributed by atoms with Crippen molar-refractivity contribution in [3.8, 4) is 0 Å². The molecule has 6 heteroatoms. The number of hydrogen-bond donors (Lipinski definition) is 2.